The summed E-state index contributed by atoms with van der Waals surface area (Å²) in [6, 6.07) is 10.4. The van der Waals surface area contributed by atoms with Gasteiger partial charge >= 0.3 is 6.18 Å². The lowest BCUT2D eigenvalue weighted by Gasteiger charge is -2.37. The van der Waals surface area contributed by atoms with Gasteiger partial charge in [-0.15, -0.1) is 0 Å². The van der Waals surface area contributed by atoms with E-state index >= 15 is 0 Å². The largest absolute Gasteiger partial charge is 0.416 e. The van der Waals surface area contributed by atoms with E-state index in [1.54, 1.807) is 17.0 Å². The number of alkyl halides is 3. The highest BCUT2D eigenvalue weighted by Crippen LogP contribution is 2.32. The lowest BCUT2D eigenvalue weighted by molar-refractivity contribution is -0.137. The number of halogens is 4. The first-order valence-corrected chi connectivity index (χ1v) is 8.83. The topological polar surface area (TPSA) is 59.2 Å². The van der Waals surface area contributed by atoms with E-state index in [2.05, 4.69) is 10.1 Å². The van der Waals surface area contributed by atoms with Gasteiger partial charge in [0.05, 0.1) is 17.9 Å². The normalized spacial score (nSPS) is 14.7. The smallest absolute Gasteiger partial charge is 0.341 e. The Balaban J connectivity index is 1.38. The quantitative estimate of drug-likeness (QED) is 0.615. The van der Waals surface area contributed by atoms with Gasteiger partial charge in [-0.05, 0) is 29.8 Å². The van der Waals surface area contributed by atoms with Crippen LogP contribution in [0.15, 0.2) is 53.1 Å². The molecule has 1 fully saturated rings. The van der Waals surface area contributed by atoms with Crippen LogP contribution in [0.1, 0.15) is 22.9 Å². The van der Waals surface area contributed by atoms with Crippen LogP contribution in [0, 0.1) is 5.82 Å². The molecule has 2 heterocycles. The Hall–Kier alpha value is -3.23. The molecule has 0 atom stereocenters. The molecule has 1 aromatic heterocycles. The standard InChI is InChI=1S/C20H15F4N3O2/c21-16-6-4-12(5-7-16)8-17(28)27-10-14(11-27)19-25-18(26-29-19)13-2-1-3-15(9-13)20(22,23)24/h1-7,9,14H,8,10-11H2. The van der Waals surface area contributed by atoms with Gasteiger partial charge in [-0.2, -0.15) is 18.2 Å². The summed E-state index contributed by atoms with van der Waals surface area (Å²) in [5, 5.41) is 3.77. The lowest BCUT2D eigenvalue weighted by atomic mass is 9.98. The van der Waals surface area contributed by atoms with E-state index in [9.17, 15) is 22.4 Å². The number of hydrogen-bond donors (Lipinski definition) is 0. The maximum absolute atomic E-state index is 12.9. The number of nitrogens with zero attached hydrogens (tertiary/aromatic N) is 3. The number of hydrogen-bond acceptors (Lipinski definition) is 4. The van der Waals surface area contributed by atoms with Gasteiger partial charge in [0, 0.05) is 18.7 Å². The molecule has 1 aliphatic rings. The van der Waals surface area contributed by atoms with Gasteiger partial charge in [0.2, 0.25) is 17.6 Å². The first-order chi connectivity index (χ1) is 13.8. The minimum atomic E-state index is -4.46. The first kappa shape index (κ1) is 19.1. The number of amides is 1. The van der Waals surface area contributed by atoms with Gasteiger partial charge in [0.1, 0.15) is 5.82 Å². The average molecular weight is 405 g/mol. The fourth-order valence-corrected chi connectivity index (χ4v) is 3.08. The SMILES string of the molecule is O=C(Cc1ccc(F)cc1)N1CC(c2nc(-c3cccc(C(F)(F)F)c3)no2)C1. The van der Waals surface area contributed by atoms with Crippen LogP contribution < -0.4 is 0 Å². The fourth-order valence-electron chi connectivity index (χ4n) is 3.08. The van der Waals surface area contributed by atoms with Crippen LogP contribution in [0.2, 0.25) is 0 Å². The molecule has 2 aromatic carbocycles. The van der Waals surface area contributed by atoms with Crippen LogP contribution in [0.4, 0.5) is 17.6 Å². The van der Waals surface area contributed by atoms with Crippen LogP contribution in [0.5, 0.6) is 0 Å². The molecule has 0 N–H and O–H groups in total. The second-order valence-electron chi connectivity index (χ2n) is 6.83. The van der Waals surface area contributed by atoms with Crippen LogP contribution in [0.3, 0.4) is 0 Å². The van der Waals surface area contributed by atoms with Crippen molar-refractivity contribution in [3.05, 3.63) is 71.4 Å². The molecule has 0 saturated carbocycles. The molecule has 0 aliphatic carbocycles. The van der Waals surface area contributed by atoms with Gasteiger partial charge in [-0.25, -0.2) is 4.39 Å². The Morgan fingerprint density at radius 3 is 2.55 bits per heavy atom. The summed E-state index contributed by atoms with van der Waals surface area (Å²) in [6.45, 7) is 0.758. The van der Waals surface area contributed by atoms with E-state index < -0.39 is 11.7 Å². The second kappa shape index (κ2) is 7.31. The molecule has 29 heavy (non-hydrogen) atoms. The van der Waals surface area contributed by atoms with Crippen molar-refractivity contribution < 1.29 is 26.9 Å². The van der Waals surface area contributed by atoms with Crippen molar-refractivity contribution in [1.29, 1.82) is 0 Å². The van der Waals surface area contributed by atoms with Crippen LogP contribution in [-0.2, 0) is 17.4 Å². The number of carbonyl (C=O) groups is 1. The van der Waals surface area contributed by atoms with Crippen molar-refractivity contribution in [2.24, 2.45) is 0 Å². The molecule has 5 nitrogen and oxygen atoms in total. The van der Waals surface area contributed by atoms with Crippen molar-refractivity contribution in [3.63, 3.8) is 0 Å². The van der Waals surface area contributed by atoms with Crippen molar-refractivity contribution in [1.82, 2.24) is 15.0 Å². The number of aromatic nitrogens is 2. The van der Waals surface area contributed by atoms with Gasteiger partial charge < -0.3 is 9.42 Å². The Morgan fingerprint density at radius 1 is 1.14 bits per heavy atom. The summed E-state index contributed by atoms with van der Waals surface area (Å²) >= 11 is 0. The van der Waals surface area contributed by atoms with Crippen LogP contribution in [-0.4, -0.2) is 34.0 Å². The fraction of sp³-hybridized carbons (Fsp3) is 0.250. The molecule has 0 unspecified atom stereocenters. The number of likely N-dealkylation sites (tertiary alicyclic amines) is 1. The summed E-state index contributed by atoms with van der Waals surface area (Å²) in [5.41, 5.74) is 0.130. The number of rotatable bonds is 4. The highest BCUT2D eigenvalue weighted by atomic mass is 19.4. The van der Waals surface area contributed by atoms with Gasteiger partial charge in [0.25, 0.3) is 0 Å². The summed E-state index contributed by atoms with van der Waals surface area (Å²) in [7, 11) is 0. The van der Waals surface area contributed by atoms with Gasteiger partial charge in [0.15, 0.2) is 0 Å². The maximum Gasteiger partial charge on any atom is 0.416 e. The molecule has 0 bridgehead atoms. The van der Waals surface area contributed by atoms with Gasteiger partial charge in [-0.1, -0.05) is 29.4 Å². The highest BCUT2D eigenvalue weighted by molar-refractivity contribution is 5.79. The van der Waals surface area contributed by atoms with E-state index in [0.717, 1.165) is 12.1 Å². The zero-order valence-corrected chi connectivity index (χ0v) is 15.0. The Morgan fingerprint density at radius 2 is 1.86 bits per heavy atom. The number of benzene rings is 2. The highest BCUT2D eigenvalue weighted by Gasteiger charge is 2.36. The molecule has 3 aromatic rings. The predicted octanol–water partition coefficient (Wildman–Crippen LogP) is 4.06. The third kappa shape index (κ3) is 4.13. The monoisotopic (exact) mass is 405 g/mol. The minimum absolute atomic E-state index is 0.0715. The minimum Gasteiger partial charge on any atom is -0.341 e. The predicted molar refractivity (Wildman–Crippen MR) is 94.2 cm³/mol. The molecule has 0 spiro atoms. The Bertz CT molecular complexity index is 1020. The third-order valence-corrected chi connectivity index (χ3v) is 4.74. The Kier molecular flexibility index (Phi) is 4.81. The van der Waals surface area contributed by atoms with E-state index in [1.165, 1.54) is 24.3 Å². The van der Waals surface area contributed by atoms with Crippen molar-refractivity contribution in [3.8, 4) is 11.4 Å². The summed E-state index contributed by atoms with van der Waals surface area (Å²) in [6.07, 6.45) is -4.30. The zero-order valence-electron chi connectivity index (χ0n) is 15.0. The molecular weight excluding hydrogens is 390 g/mol. The summed E-state index contributed by atoms with van der Waals surface area (Å²) in [4.78, 5) is 18.1. The molecule has 4 rings (SSSR count). The third-order valence-electron chi connectivity index (χ3n) is 4.74. The molecule has 150 valence electrons. The van der Waals surface area contributed by atoms with Crippen LogP contribution >= 0.6 is 0 Å². The zero-order chi connectivity index (χ0) is 20.6. The molecule has 1 amide bonds. The maximum atomic E-state index is 12.9. The van der Waals surface area contributed by atoms with E-state index in [4.69, 9.17) is 4.52 Å². The average Bonchev–Trinajstić information content (AvgIpc) is 3.11. The molecule has 0 radical (unpaired) electrons. The summed E-state index contributed by atoms with van der Waals surface area (Å²) in [5.74, 6) is -0.284. The molecular formula is C20H15F4N3O2. The number of carbonyl (C=O) groups excluding carboxylic acids is 1. The van der Waals surface area contributed by atoms with E-state index in [0.29, 0.717) is 18.7 Å². The molecule has 1 aliphatic heterocycles. The molecule has 9 heteroatoms. The Labute approximate surface area is 162 Å². The molecule has 1 saturated heterocycles. The van der Waals surface area contributed by atoms with E-state index in [-0.39, 0.29) is 41.3 Å². The summed E-state index contributed by atoms with van der Waals surface area (Å²) < 4.78 is 56.7. The van der Waals surface area contributed by atoms with Crippen molar-refractivity contribution in [2.75, 3.05) is 13.1 Å². The lowest BCUT2D eigenvalue weighted by Crippen LogP contribution is -2.49. The van der Waals surface area contributed by atoms with E-state index in [1.807, 2.05) is 0 Å². The van der Waals surface area contributed by atoms with Crippen LogP contribution in [0.25, 0.3) is 11.4 Å². The van der Waals surface area contributed by atoms with Crippen molar-refractivity contribution in [2.45, 2.75) is 18.5 Å². The van der Waals surface area contributed by atoms with Crippen molar-refractivity contribution >= 4 is 5.91 Å². The van der Waals surface area contributed by atoms with Gasteiger partial charge in [-0.3, -0.25) is 4.79 Å². The first-order valence-electron chi connectivity index (χ1n) is 8.83. The second-order valence-corrected chi connectivity index (χ2v) is 6.83.